The predicted molar refractivity (Wildman–Crippen MR) is 70.8 cm³/mol. The third kappa shape index (κ3) is 5.13. The Balaban J connectivity index is 2.39. The van der Waals surface area contributed by atoms with Gasteiger partial charge in [-0.05, 0) is 32.8 Å². The molecule has 0 saturated heterocycles. The Hall–Kier alpha value is -1.16. The molecule has 94 valence electrons. The molecule has 0 saturated carbocycles. The molecule has 1 aromatic carbocycles. The monoisotopic (exact) mass is 253 g/mol. The van der Waals surface area contributed by atoms with Crippen molar-refractivity contribution in [3.63, 3.8) is 0 Å². The molecule has 1 N–H and O–H groups in total. The van der Waals surface area contributed by atoms with E-state index in [2.05, 4.69) is 4.72 Å². The molecule has 0 aliphatic carbocycles. The van der Waals surface area contributed by atoms with Crippen LogP contribution in [0.4, 0.5) is 0 Å². The molecule has 17 heavy (non-hydrogen) atoms. The summed E-state index contributed by atoms with van der Waals surface area (Å²) < 4.78 is 13.8. The molecule has 4 heteroatoms. The Morgan fingerprint density at radius 3 is 2.35 bits per heavy atom. The maximum Gasteiger partial charge on any atom is 0.231 e. The second-order valence-corrected chi connectivity index (χ2v) is 6.86. The third-order valence-electron chi connectivity index (χ3n) is 2.25. The SMILES string of the molecule is CC(C)(C)[S@@](=O)NC(=O)CCc1ccccc1. The van der Waals surface area contributed by atoms with Crippen molar-refractivity contribution in [1.29, 1.82) is 0 Å². The number of hydrogen-bond acceptors (Lipinski definition) is 2. The minimum atomic E-state index is -1.32. The lowest BCUT2D eigenvalue weighted by Crippen LogP contribution is -2.37. The minimum Gasteiger partial charge on any atom is -0.275 e. The smallest absolute Gasteiger partial charge is 0.231 e. The van der Waals surface area contributed by atoms with Gasteiger partial charge in [-0.1, -0.05) is 30.3 Å². The normalized spacial score (nSPS) is 13.1. The van der Waals surface area contributed by atoms with E-state index in [4.69, 9.17) is 0 Å². The highest BCUT2D eigenvalue weighted by molar-refractivity contribution is 7.85. The molecule has 0 aliphatic rings. The molecule has 0 spiro atoms. The van der Waals surface area contributed by atoms with Gasteiger partial charge in [0.15, 0.2) is 0 Å². The lowest BCUT2D eigenvalue weighted by atomic mass is 10.1. The zero-order valence-corrected chi connectivity index (χ0v) is 11.3. The summed E-state index contributed by atoms with van der Waals surface area (Å²) in [6, 6.07) is 9.79. The highest BCUT2D eigenvalue weighted by Gasteiger charge is 2.21. The van der Waals surface area contributed by atoms with Crippen molar-refractivity contribution in [3.8, 4) is 0 Å². The fraction of sp³-hybridized carbons (Fsp3) is 0.462. The first-order valence-electron chi connectivity index (χ1n) is 5.65. The lowest BCUT2D eigenvalue weighted by Gasteiger charge is -2.17. The van der Waals surface area contributed by atoms with Gasteiger partial charge in [-0.15, -0.1) is 0 Å². The van der Waals surface area contributed by atoms with E-state index in [1.54, 1.807) is 0 Å². The molecule has 0 unspecified atom stereocenters. The molecule has 0 bridgehead atoms. The van der Waals surface area contributed by atoms with E-state index in [0.717, 1.165) is 5.56 Å². The van der Waals surface area contributed by atoms with E-state index in [1.165, 1.54) is 0 Å². The van der Waals surface area contributed by atoms with E-state index in [0.29, 0.717) is 12.8 Å². The summed E-state index contributed by atoms with van der Waals surface area (Å²) in [4.78, 5) is 11.6. The average Bonchev–Trinajstić information content (AvgIpc) is 2.26. The van der Waals surface area contributed by atoms with Crippen molar-refractivity contribution in [3.05, 3.63) is 35.9 Å². The topological polar surface area (TPSA) is 46.2 Å². The van der Waals surface area contributed by atoms with E-state index < -0.39 is 15.7 Å². The summed E-state index contributed by atoms with van der Waals surface area (Å²) in [5, 5.41) is 0. The van der Waals surface area contributed by atoms with Gasteiger partial charge in [-0.3, -0.25) is 9.52 Å². The second kappa shape index (κ2) is 5.96. The van der Waals surface area contributed by atoms with Crippen molar-refractivity contribution in [1.82, 2.24) is 4.72 Å². The van der Waals surface area contributed by atoms with Crippen LogP contribution in [0.1, 0.15) is 32.8 Å². The lowest BCUT2D eigenvalue weighted by molar-refractivity contribution is -0.119. The molecular weight excluding hydrogens is 234 g/mol. The van der Waals surface area contributed by atoms with Crippen LogP contribution < -0.4 is 4.72 Å². The van der Waals surface area contributed by atoms with Gasteiger partial charge >= 0.3 is 0 Å². The number of hydrogen-bond donors (Lipinski definition) is 1. The van der Waals surface area contributed by atoms with Crippen molar-refractivity contribution in [2.45, 2.75) is 38.4 Å². The van der Waals surface area contributed by atoms with Crippen LogP contribution in [0.3, 0.4) is 0 Å². The average molecular weight is 253 g/mol. The fourth-order valence-corrected chi connectivity index (χ4v) is 1.83. The molecule has 3 nitrogen and oxygen atoms in total. The molecular formula is C13H19NO2S. The minimum absolute atomic E-state index is 0.165. The second-order valence-electron chi connectivity index (χ2n) is 4.89. The van der Waals surface area contributed by atoms with E-state index in [9.17, 15) is 9.00 Å². The summed E-state index contributed by atoms with van der Waals surface area (Å²) >= 11 is 0. The van der Waals surface area contributed by atoms with Crippen LogP contribution >= 0.6 is 0 Å². The predicted octanol–water partition coefficient (Wildman–Crippen LogP) is 2.20. The molecule has 0 fully saturated rings. The Morgan fingerprint density at radius 2 is 1.82 bits per heavy atom. The molecule has 1 rings (SSSR count). The van der Waals surface area contributed by atoms with Crippen LogP contribution in [-0.2, 0) is 22.2 Å². The van der Waals surface area contributed by atoms with Crippen LogP contribution in [0.15, 0.2) is 30.3 Å². The number of carbonyl (C=O) groups is 1. The van der Waals surface area contributed by atoms with Crippen LogP contribution in [0.2, 0.25) is 0 Å². The van der Waals surface area contributed by atoms with Gasteiger partial charge in [-0.2, -0.15) is 0 Å². The molecule has 1 aromatic rings. The first-order valence-corrected chi connectivity index (χ1v) is 6.80. The largest absolute Gasteiger partial charge is 0.275 e. The maximum absolute atomic E-state index is 11.7. The maximum atomic E-state index is 11.7. The Bertz CT molecular complexity index is 396. The number of benzene rings is 1. The molecule has 0 aliphatic heterocycles. The van der Waals surface area contributed by atoms with Gasteiger partial charge in [0.2, 0.25) is 5.91 Å². The molecule has 0 heterocycles. The van der Waals surface area contributed by atoms with E-state index in [-0.39, 0.29) is 5.91 Å². The highest BCUT2D eigenvalue weighted by atomic mass is 32.2. The van der Waals surface area contributed by atoms with Gasteiger partial charge in [0, 0.05) is 6.42 Å². The van der Waals surface area contributed by atoms with Crippen LogP contribution in [0.5, 0.6) is 0 Å². The first kappa shape index (κ1) is 13.9. The Morgan fingerprint density at radius 1 is 1.24 bits per heavy atom. The number of carbonyl (C=O) groups excluding carboxylic acids is 1. The van der Waals surface area contributed by atoms with Gasteiger partial charge in [0.1, 0.15) is 11.0 Å². The van der Waals surface area contributed by atoms with Gasteiger partial charge in [0.25, 0.3) is 0 Å². The van der Waals surface area contributed by atoms with E-state index in [1.807, 2.05) is 51.1 Å². The number of amides is 1. The molecule has 0 aromatic heterocycles. The standard InChI is InChI=1S/C13H19NO2S/c1-13(2,3)17(16)14-12(15)10-9-11-7-5-4-6-8-11/h4-8H,9-10H2,1-3H3,(H,14,15)/t17-/m1/s1. The first-order chi connectivity index (χ1) is 7.89. The van der Waals surface area contributed by atoms with Gasteiger partial charge in [0.05, 0.1) is 4.75 Å². The van der Waals surface area contributed by atoms with E-state index >= 15 is 0 Å². The molecule has 1 atom stereocenters. The van der Waals surface area contributed by atoms with Crippen molar-refractivity contribution in [2.75, 3.05) is 0 Å². The van der Waals surface area contributed by atoms with Crippen molar-refractivity contribution < 1.29 is 9.00 Å². The summed E-state index contributed by atoms with van der Waals surface area (Å²) in [7, 11) is -1.32. The number of nitrogens with one attached hydrogen (secondary N) is 1. The van der Waals surface area contributed by atoms with Crippen LogP contribution in [0, 0.1) is 0 Å². The van der Waals surface area contributed by atoms with Gasteiger partial charge < -0.3 is 0 Å². The Labute approximate surface area is 105 Å². The summed E-state index contributed by atoms with van der Waals surface area (Å²) in [6.07, 6.45) is 1.04. The molecule has 0 radical (unpaired) electrons. The number of rotatable bonds is 4. The van der Waals surface area contributed by atoms with Crippen molar-refractivity contribution in [2.24, 2.45) is 0 Å². The quantitative estimate of drug-likeness (QED) is 0.894. The Kier molecular flexibility index (Phi) is 4.87. The number of aryl methyl sites for hydroxylation is 1. The zero-order chi connectivity index (χ0) is 12.9. The van der Waals surface area contributed by atoms with Gasteiger partial charge in [-0.25, -0.2) is 4.21 Å². The van der Waals surface area contributed by atoms with Crippen molar-refractivity contribution >= 4 is 16.9 Å². The summed E-state index contributed by atoms with van der Waals surface area (Å²) in [5.41, 5.74) is 1.11. The summed E-state index contributed by atoms with van der Waals surface area (Å²) in [5.74, 6) is -0.165. The third-order valence-corrected chi connectivity index (χ3v) is 3.77. The molecule has 1 amide bonds. The highest BCUT2D eigenvalue weighted by Crippen LogP contribution is 2.09. The zero-order valence-electron chi connectivity index (χ0n) is 10.5. The van der Waals surface area contributed by atoms with Crippen LogP contribution in [-0.4, -0.2) is 14.9 Å². The summed E-state index contributed by atoms with van der Waals surface area (Å²) in [6.45, 7) is 5.50. The fourth-order valence-electron chi connectivity index (χ4n) is 1.21. The van der Waals surface area contributed by atoms with Crippen LogP contribution in [0.25, 0.3) is 0 Å².